The van der Waals surface area contributed by atoms with Crippen LogP contribution in [0.5, 0.6) is 5.75 Å². The summed E-state index contributed by atoms with van der Waals surface area (Å²) >= 11 is 0.842. The third kappa shape index (κ3) is 2.98. The van der Waals surface area contributed by atoms with Gasteiger partial charge in [0.1, 0.15) is 0 Å². The van der Waals surface area contributed by atoms with Crippen LogP contribution in [0.2, 0.25) is 0 Å². The van der Waals surface area contributed by atoms with Gasteiger partial charge < -0.3 is 9.66 Å². The van der Waals surface area contributed by atoms with E-state index in [9.17, 15) is 19.4 Å². The predicted octanol–water partition coefficient (Wildman–Crippen LogP) is 1.78. The number of rotatable bonds is 3. The Balaban J connectivity index is 3.23. The maximum Gasteiger partial charge on any atom is 0.312 e. The fraction of sp³-hybridized carbons (Fsp3) is 0.143. The number of hydrogen-bond acceptors (Lipinski definition) is 4. The van der Waals surface area contributed by atoms with Gasteiger partial charge in [0, 0.05) is 6.07 Å². The molecule has 1 rings (SSSR count). The first-order valence-corrected chi connectivity index (χ1v) is 5.72. The largest absolute Gasteiger partial charge is 0.501 e. The molecule has 8 heteroatoms. The van der Waals surface area contributed by atoms with Crippen molar-refractivity contribution in [2.75, 3.05) is 0 Å². The molecule has 15 heavy (non-hydrogen) atoms. The lowest BCUT2D eigenvalue weighted by Crippen LogP contribution is -1.96. The molecule has 0 saturated heterocycles. The lowest BCUT2D eigenvalue weighted by atomic mass is 10.2. The van der Waals surface area contributed by atoms with Crippen LogP contribution in [0.4, 0.5) is 5.69 Å². The standard InChI is InChI=1S/C7H6BrNO5S/c8-5-1-4(3-15(13)14)2-6(7(5)10)9(11)12/h1-2,10H,3H2,(H,13,14). The number of phenolic OH excluding ortho intramolecular Hbond substituents is 1. The highest BCUT2D eigenvalue weighted by Gasteiger charge is 2.18. The molecule has 0 spiro atoms. The van der Waals surface area contributed by atoms with E-state index in [1.807, 2.05) is 0 Å². The maximum absolute atomic E-state index is 10.5. The average Bonchev–Trinajstić information content (AvgIpc) is 2.09. The maximum atomic E-state index is 10.5. The van der Waals surface area contributed by atoms with Crippen molar-refractivity contribution in [1.29, 1.82) is 0 Å². The van der Waals surface area contributed by atoms with Crippen LogP contribution >= 0.6 is 15.9 Å². The van der Waals surface area contributed by atoms with Gasteiger partial charge in [-0.05, 0) is 27.6 Å². The van der Waals surface area contributed by atoms with Crippen LogP contribution in [0.25, 0.3) is 0 Å². The van der Waals surface area contributed by atoms with Crippen LogP contribution in [0.3, 0.4) is 0 Å². The van der Waals surface area contributed by atoms with Crippen LogP contribution in [-0.4, -0.2) is 18.8 Å². The van der Waals surface area contributed by atoms with Gasteiger partial charge in [0.25, 0.3) is 0 Å². The molecule has 6 nitrogen and oxygen atoms in total. The molecule has 0 amide bonds. The predicted molar refractivity (Wildman–Crippen MR) is 56.9 cm³/mol. The zero-order valence-corrected chi connectivity index (χ0v) is 9.62. The summed E-state index contributed by atoms with van der Waals surface area (Å²) in [5.41, 5.74) is -0.197. The lowest BCUT2D eigenvalue weighted by Gasteiger charge is -2.02. The Morgan fingerprint density at radius 3 is 2.60 bits per heavy atom. The molecule has 0 aliphatic carbocycles. The van der Waals surface area contributed by atoms with E-state index in [4.69, 9.17) is 4.55 Å². The summed E-state index contributed by atoms with van der Waals surface area (Å²) in [5.74, 6) is -0.716. The summed E-state index contributed by atoms with van der Waals surface area (Å²) in [4.78, 5) is 9.74. The van der Waals surface area contributed by atoms with E-state index in [1.165, 1.54) is 6.07 Å². The van der Waals surface area contributed by atoms with Gasteiger partial charge in [-0.3, -0.25) is 10.1 Å². The molecule has 0 radical (unpaired) electrons. The molecule has 0 aliphatic heterocycles. The third-order valence-electron chi connectivity index (χ3n) is 1.59. The van der Waals surface area contributed by atoms with Crippen molar-refractivity contribution in [3.63, 3.8) is 0 Å². The van der Waals surface area contributed by atoms with Crippen molar-refractivity contribution in [3.8, 4) is 5.75 Å². The quantitative estimate of drug-likeness (QED) is 0.503. The van der Waals surface area contributed by atoms with Gasteiger partial charge in [-0.25, -0.2) is 4.21 Å². The number of benzene rings is 1. The minimum absolute atomic E-state index is 0.122. The van der Waals surface area contributed by atoms with E-state index < -0.39 is 27.4 Å². The molecule has 1 atom stereocenters. The number of hydrogen-bond donors (Lipinski definition) is 2. The molecular weight excluding hydrogens is 290 g/mol. The number of aromatic hydroxyl groups is 1. The molecule has 0 aliphatic rings. The second-order valence-electron chi connectivity index (χ2n) is 2.67. The third-order valence-corrected chi connectivity index (χ3v) is 2.77. The van der Waals surface area contributed by atoms with E-state index in [1.54, 1.807) is 0 Å². The van der Waals surface area contributed by atoms with Crippen molar-refractivity contribution in [1.82, 2.24) is 0 Å². The highest BCUT2D eigenvalue weighted by Crippen LogP contribution is 2.35. The van der Waals surface area contributed by atoms with Gasteiger partial charge in [0.15, 0.2) is 11.1 Å². The fourth-order valence-electron chi connectivity index (χ4n) is 1.00. The van der Waals surface area contributed by atoms with Crippen molar-refractivity contribution >= 4 is 32.7 Å². The van der Waals surface area contributed by atoms with E-state index in [0.717, 1.165) is 6.07 Å². The highest BCUT2D eigenvalue weighted by atomic mass is 79.9. The monoisotopic (exact) mass is 295 g/mol. The molecule has 2 N–H and O–H groups in total. The minimum Gasteiger partial charge on any atom is -0.501 e. The first-order valence-electron chi connectivity index (χ1n) is 3.65. The number of nitro groups is 1. The molecule has 0 fully saturated rings. The number of nitro benzene ring substituents is 1. The number of phenols is 1. The Bertz CT molecular complexity index is 436. The van der Waals surface area contributed by atoms with Gasteiger partial charge >= 0.3 is 5.69 Å². The average molecular weight is 296 g/mol. The summed E-state index contributed by atoms with van der Waals surface area (Å²) in [7, 11) is 0. The van der Waals surface area contributed by atoms with Crippen LogP contribution in [-0.2, 0) is 16.8 Å². The number of nitrogens with zero attached hydrogens (tertiary/aromatic N) is 1. The van der Waals surface area contributed by atoms with Gasteiger partial charge in [0.05, 0.1) is 15.1 Å². The van der Waals surface area contributed by atoms with E-state index in [-0.39, 0.29) is 10.2 Å². The van der Waals surface area contributed by atoms with Gasteiger partial charge in [-0.1, -0.05) is 0 Å². The summed E-state index contributed by atoms with van der Waals surface area (Å²) < 4.78 is 19.3. The van der Waals surface area contributed by atoms with E-state index in [0.29, 0.717) is 5.56 Å². The first kappa shape index (κ1) is 12.1. The topological polar surface area (TPSA) is 101 Å². The molecule has 0 heterocycles. The second-order valence-corrected chi connectivity index (χ2v) is 4.45. The molecule has 0 saturated carbocycles. The van der Waals surface area contributed by atoms with Crippen molar-refractivity contribution in [3.05, 3.63) is 32.3 Å². The van der Waals surface area contributed by atoms with Crippen LogP contribution < -0.4 is 0 Å². The first-order chi connectivity index (χ1) is 6.91. The summed E-state index contributed by atoms with van der Waals surface area (Å²) in [6, 6.07) is 2.42. The van der Waals surface area contributed by atoms with E-state index in [2.05, 4.69) is 15.9 Å². The van der Waals surface area contributed by atoms with Crippen LogP contribution in [0.15, 0.2) is 16.6 Å². The summed E-state index contributed by atoms with van der Waals surface area (Å²) in [6.45, 7) is 0. The Kier molecular flexibility index (Phi) is 3.77. The normalized spacial score (nSPS) is 12.4. The Labute approximate surface area is 95.5 Å². The smallest absolute Gasteiger partial charge is 0.312 e. The lowest BCUT2D eigenvalue weighted by molar-refractivity contribution is -0.386. The Hall–Kier alpha value is -0.990. The van der Waals surface area contributed by atoms with Crippen LogP contribution in [0, 0.1) is 10.1 Å². The number of halogens is 1. The SMILES string of the molecule is O=[N+]([O-])c1cc(CS(=O)O)cc(Br)c1O. The molecule has 1 aromatic carbocycles. The fourth-order valence-corrected chi connectivity index (χ4v) is 1.95. The minimum atomic E-state index is -2.08. The molecule has 1 unspecified atom stereocenters. The van der Waals surface area contributed by atoms with Crippen molar-refractivity contribution in [2.24, 2.45) is 0 Å². The van der Waals surface area contributed by atoms with Crippen molar-refractivity contribution < 1.29 is 18.8 Å². The summed E-state index contributed by atoms with van der Waals surface area (Å²) in [5, 5.41) is 19.8. The molecule has 1 aromatic rings. The van der Waals surface area contributed by atoms with Gasteiger partial charge in [0.2, 0.25) is 5.75 Å². The van der Waals surface area contributed by atoms with E-state index >= 15 is 0 Å². The molecular formula is C7H6BrNO5S. The van der Waals surface area contributed by atoms with Gasteiger partial charge in [-0.2, -0.15) is 0 Å². The summed E-state index contributed by atoms with van der Waals surface area (Å²) in [6.07, 6.45) is 0. The highest BCUT2D eigenvalue weighted by molar-refractivity contribution is 9.10. The Morgan fingerprint density at radius 1 is 1.53 bits per heavy atom. The molecule has 0 aromatic heterocycles. The van der Waals surface area contributed by atoms with Crippen molar-refractivity contribution in [2.45, 2.75) is 5.75 Å². The zero-order chi connectivity index (χ0) is 11.6. The van der Waals surface area contributed by atoms with Gasteiger partial charge in [-0.15, -0.1) is 0 Å². The Morgan fingerprint density at radius 2 is 2.13 bits per heavy atom. The molecule has 0 bridgehead atoms. The second kappa shape index (κ2) is 4.69. The molecule has 82 valence electrons. The van der Waals surface area contributed by atoms with Crippen LogP contribution in [0.1, 0.15) is 5.56 Å². The zero-order valence-electron chi connectivity index (χ0n) is 7.21.